The standard InChI is InChI=1S/C27H29N7O2/c1-17-8-10-19(11-9-17)14-29-27(36)21-6-3-5-20(13-21)24-23-25(28)30-16-31-26(23)34(32-24)22-7-4-12-33(15-22)18(2)35/h3,5-6,8-11,13,16,22H,4,7,12,14-15H2,1-2H3,(H,29,36)(H2,28,30,31)/t22-/m1/s1. The van der Waals surface area contributed by atoms with E-state index in [4.69, 9.17) is 10.8 Å². The number of hydrogen-bond donors (Lipinski definition) is 2. The molecule has 0 bridgehead atoms. The molecule has 9 nitrogen and oxygen atoms in total. The zero-order valence-electron chi connectivity index (χ0n) is 20.4. The highest BCUT2D eigenvalue weighted by atomic mass is 16.2. The van der Waals surface area contributed by atoms with Crippen molar-refractivity contribution in [1.82, 2.24) is 30.0 Å². The second kappa shape index (κ2) is 9.77. The van der Waals surface area contributed by atoms with Crippen LogP contribution in [0.25, 0.3) is 22.3 Å². The van der Waals surface area contributed by atoms with Gasteiger partial charge in [-0.2, -0.15) is 5.10 Å². The highest BCUT2D eigenvalue weighted by Gasteiger charge is 2.27. The molecule has 1 aliphatic rings. The van der Waals surface area contributed by atoms with Crippen LogP contribution in [0.4, 0.5) is 5.82 Å². The van der Waals surface area contributed by atoms with E-state index < -0.39 is 0 Å². The van der Waals surface area contributed by atoms with E-state index in [0.29, 0.717) is 41.2 Å². The Morgan fingerprint density at radius 3 is 2.72 bits per heavy atom. The van der Waals surface area contributed by atoms with Gasteiger partial charge in [0, 0.05) is 37.7 Å². The molecule has 3 N–H and O–H groups in total. The SMILES string of the molecule is CC(=O)N1CCC[C@@H](n2nc(-c3cccc(C(=O)NCc4ccc(C)cc4)c3)c3c(N)ncnc32)C1. The third-order valence-electron chi connectivity index (χ3n) is 6.68. The van der Waals surface area contributed by atoms with Crippen molar-refractivity contribution in [3.63, 3.8) is 0 Å². The lowest BCUT2D eigenvalue weighted by Gasteiger charge is -2.32. The van der Waals surface area contributed by atoms with Crippen LogP contribution in [0.1, 0.15) is 47.3 Å². The summed E-state index contributed by atoms with van der Waals surface area (Å²) in [5, 5.41) is 8.54. The summed E-state index contributed by atoms with van der Waals surface area (Å²) in [6.45, 7) is 5.37. The predicted octanol–water partition coefficient (Wildman–Crippen LogP) is 3.50. The first-order chi connectivity index (χ1) is 17.4. The Labute approximate surface area is 209 Å². The molecule has 2 aromatic heterocycles. The number of hydrogen-bond acceptors (Lipinski definition) is 6. The summed E-state index contributed by atoms with van der Waals surface area (Å²) in [6.07, 6.45) is 3.20. The maximum atomic E-state index is 12.9. The van der Waals surface area contributed by atoms with E-state index in [9.17, 15) is 9.59 Å². The first kappa shape index (κ1) is 23.5. The fourth-order valence-electron chi connectivity index (χ4n) is 4.69. The number of piperidine rings is 1. The summed E-state index contributed by atoms with van der Waals surface area (Å²) in [5.41, 5.74) is 11.0. The molecule has 0 spiro atoms. The molecule has 3 heterocycles. The number of carbonyl (C=O) groups excluding carboxylic acids is 2. The maximum absolute atomic E-state index is 12.9. The highest BCUT2D eigenvalue weighted by molar-refractivity contribution is 6.00. The minimum absolute atomic E-state index is 0.0193. The van der Waals surface area contributed by atoms with Crippen molar-refractivity contribution < 1.29 is 9.59 Å². The average Bonchev–Trinajstić information content (AvgIpc) is 3.29. The fraction of sp³-hybridized carbons (Fsp3) is 0.296. The van der Waals surface area contributed by atoms with Crippen LogP contribution in [-0.2, 0) is 11.3 Å². The quantitative estimate of drug-likeness (QED) is 0.448. The Morgan fingerprint density at radius 2 is 1.94 bits per heavy atom. The zero-order valence-corrected chi connectivity index (χ0v) is 20.4. The van der Waals surface area contributed by atoms with Crippen molar-refractivity contribution in [3.05, 3.63) is 71.5 Å². The van der Waals surface area contributed by atoms with Crippen LogP contribution < -0.4 is 11.1 Å². The Balaban J connectivity index is 1.46. The van der Waals surface area contributed by atoms with E-state index in [2.05, 4.69) is 15.3 Å². The van der Waals surface area contributed by atoms with Gasteiger partial charge >= 0.3 is 0 Å². The van der Waals surface area contributed by atoms with Gasteiger partial charge in [-0.05, 0) is 37.5 Å². The van der Waals surface area contributed by atoms with Gasteiger partial charge in [0.15, 0.2) is 5.65 Å². The van der Waals surface area contributed by atoms with Gasteiger partial charge in [-0.15, -0.1) is 0 Å². The number of nitrogens with one attached hydrogen (secondary N) is 1. The molecule has 0 saturated carbocycles. The van der Waals surface area contributed by atoms with Crippen molar-refractivity contribution in [2.45, 2.75) is 39.3 Å². The van der Waals surface area contributed by atoms with E-state index in [-0.39, 0.29) is 17.9 Å². The van der Waals surface area contributed by atoms with Gasteiger partial charge in [0.2, 0.25) is 5.91 Å². The van der Waals surface area contributed by atoms with Crippen molar-refractivity contribution >= 4 is 28.7 Å². The molecule has 2 aromatic carbocycles. The summed E-state index contributed by atoms with van der Waals surface area (Å²) < 4.78 is 1.86. The van der Waals surface area contributed by atoms with Gasteiger partial charge in [-0.1, -0.05) is 42.0 Å². The largest absolute Gasteiger partial charge is 0.383 e. The van der Waals surface area contributed by atoms with Gasteiger partial charge in [-0.25, -0.2) is 14.6 Å². The molecule has 0 aliphatic carbocycles. The highest BCUT2D eigenvalue weighted by Crippen LogP contribution is 2.34. The number of anilines is 1. The molecule has 1 fully saturated rings. The molecular weight excluding hydrogens is 454 g/mol. The van der Waals surface area contributed by atoms with Gasteiger partial charge in [0.25, 0.3) is 5.91 Å². The van der Waals surface area contributed by atoms with E-state index in [1.165, 1.54) is 11.9 Å². The monoisotopic (exact) mass is 483 g/mol. The summed E-state index contributed by atoms with van der Waals surface area (Å²) >= 11 is 0. The van der Waals surface area contributed by atoms with Crippen molar-refractivity contribution in [2.75, 3.05) is 18.8 Å². The number of carbonyl (C=O) groups is 2. The van der Waals surface area contributed by atoms with Crippen molar-refractivity contribution in [2.24, 2.45) is 0 Å². The Morgan fingerprint density at radius 1 is 1.14 bits per heavy atom. The van der Waals surface area contributed by atoms with Gasteiger partial charge in [-0.3, -0.25) is 9.59 Å². The molecule has 9 heteroatoms. The van der Waals surface area contributed by atoms with Crippen LogP contribution in [-0.4, -0.2) is 49.6 Å². The minimum atomic E-state index is -0.172. The predicted molar refractivity (Wildman–Crippen MR) is 138 cm³/mol. The number of nitrogens with zero attached hydrogens (tertiary/aromatic N) is 5. The van der Waals surface area contributed by atoms with E-state index >= 15 is 0 Å². The van der Waals surface area contributed by atoms with Crippen molar-refractivity contribution in [1.29, 1.82) is 0 Å². The summed E-state index contributed by atoms with van der Waals surface area (Å²) in [4.78, 5) is 35.4. The molecule has 1 atom stereocenters. The third-order valence-corrected chi connectivity index (χ3v) is 6.68. The zero-order chi connectivity index (χ0) is 25.2. The summed E-state index contributed by atoms with van der Waals surface area (Å²) in [6, 6.07) is 15.4. The number of amides is 2. The van der Waals surface area contributed by atoms with Gasteiger partial charge in [0.05, 0.1) is 11.4 Å². The second-order valence-electron chi connectivity index (χ2n) is 9.26. The number of aromatic nitrogens is 4. The molecule has 2 amide bonds. The number of aryl methyl sites for hydroxylation is 1. The maximum Gasteiger partial charge on any atom is 0.251 e. The van der Waals surface area contributed by atoms with E-state index in [1.807, 2.05) is 59.0 Å². The van der Waals surface area contributed by atoms with Gasteiger partial charge in [0.1, 0.15) is 17.8 Å². The number of benzene rings is 2. The topological polar surface area (TPSA) is 119 Å². The molecule has 4 aromatic rings. The molecule has 1 saturated heterocycles. The van der Waals surface area contributed by atoms with E-state index in [1.54, 1.807) is 13.0 Å². The van der Waals surface area contributed by atoms with Gasteiger partial charge < -0.3 is 16.0 Å². The summed E-state index contributed by atoms with van der Waals surface area (Å²) in [5.74, 6) is 0.208. The minimum Gasteiger partial charge on any atom is -0.383 e. The molecule has 0 unspecified atom stereocenters. The molecule has 5 rings (SSSR count). The number of likely N-dealkylation sites (tertiary alicyclic amines) is 1. The Kier molecular flexibility index (Phi) is 6.37. The number of fused-ring (bicyclic) bond motifs is 1. The van der Waals surface area contributed by atoms with Crippen LogP contribution in [0.2, 0.25) is 0 Å². The van der Waals surface area contributed by atoms with Crippen LogP contribution in [0.3, 0.4) is 0 Å². The fourth-order valence-corrected chi connectivity index (χ4v) is 4.69. The molecule has 1 aliphatic heterocycles. The molecule has 36 heavy (non-hydrogen) atoms. The Hall–Kier alpha value is -4.27. The van der Waals surface area contributed by atoms with Crippen LogP contribution >= 0.6 is 0 Å². The molecule has 0 radical (unpaired) electrons. The second-order valence-corrected chi connectivity index (χ2v) is 9.26. The van der Waals surface area contributed by atoms with E-state index in [0.717, 1.165) is 30.5 Å². The first-order valence-corrected chi connectivity index (χ1v) is 12.1. The summed E-state index contributed by atoms with van der Waals surface area (Å²) in [7, 11) is 0. The first-order valence-electron chi connectivity index (χ1n) is 12.1. The Bertz CT molecular complexity index is 1430. The molecule has 184 valence electrons. The van der Waals surface area contributed by atoms with Crippen LogP contribution in [0, 0.1) is 6.92 Å². The lowest BCUT2D eigenvalue weighted by atomic mass is 10.1. The number of nitrogens with two attached hydrogens (primary N) is 1. The van der Waals surface area contributed by atoms with Crippen LogP contribution in [0.5, 0.6) is 0 Å². The number of rotatable bonds is 5. The normalized spacial score (nSPS) is 15.7. The van der Waals surface area contributed by atoms with Crippen molar-refractivity contribution in [3.8, 4) is 11.3 Å². The number of nitrogen functional groups attached to an aromatic ring is 1. The van der Waals surface area contributed by atoms with Crippen LogP contribution in [0.15, 0.2) is 54.9 Å². The molecular formula is C27H29N7O2. The average molecular weight is 484 g/mol. The lowest BCUT2D eigenvalue weighted by molar-refractivity contribution is -0.130. The third kappa shape index (κ3) is 4.64. The smallest absolute Gasteiger partial charge is 0.251 e. The lowest BCUT2D eigenvalue weighted by Crippen LogP contribution is -2.39.